The third-order valence-corrected chi connectivity index (χ3v) is 4.66. The first kappa shape index (κ1) is 16.0. The fourth-order valence-corrected chi connectivity index (χ4v) is 3.32. The van der Waals surface area contributed by atoms with Crippen molar-refractivity contribution in [1.82, 2.24) is 4.90 Å². The molecule has 1 heterocycles. The molecule has 1 saturated heterocycles. The molecule has 0 spiro atoms. The topological polar surface area (TPSA) is 46.3 Å². The Morgan fingerprint density at radius 2 is 2.00 bits per heavy atom. The van der Waals surface area contributed by atoms with Crippen LogP contribution in [0.4, 0.5) is 0 Å². The third-order valence-electron chi connectivity index (χ3n) is 4.66. The van der Waals surface area contributed by atoms with Gasteiger partial charge in [0.15, 0.2) is 0 Å². The van der Waals surface area contributed by atoms with Crippen molar-refractivity contribution in [1.29, 1.82) is 0 Å². The van der Waals surface area contributed by atoms with Crippen LogP contribution < -0.4 is 5.73 Å². The van der Waals surface area contributed by atoms with Gasteiger partial charge in [-0.1, -0.05) is 44.2 Å². The van der Waals surface area contributed by atoms with E-state index in [1.165, 1.54) is 5.56 Å². The zero-order chi connectivity index (χ0) is 15.4. The van der Waals surface area contributed by atoms with Crippen molar-refractivity contribution in [2.75, 3.05) is 6.54 Å². The van der Waals surface area contributed by atoms with Crippen molar-refractivity contribution in [2.24, 2.45) is 11.7 Å². The first-order chi connectivity index (χ1) is 9.99. The summed E-state index contributed by atoms with van der Waals surface area (Å²) in [5, 5.41) is 0. The number of carbonyl (C=O) groups excluding carboxylic acids is 1. The molecule has 1 amide bonds. The van der Waals surface area contributed by atoms with Gasteiger partial charge in [0.1, 0.15) is 0 Å². The van der Waals surface area contributed by atoms with E-state index in [2.05, 4.69) is 45.0 Å². The predicted octanol–water partition coefficient (Wildman–Crippen LogP) is 3.15. The normalized spacial score (nSPS) is 24.1. The lowest BCUT2D eigenvalue weighted by atomic mass is 9.85. The highest BCUT2D eigenvalue weighted by molar-refractivity contribution is 5.77. The molecule has 21 heavy (non-hydrogen) atoms. The Hall–Kier alpha value is -1.35. The minimum absolute atomic E-state index is 0.249. The van der Waals surface area contributed by atoms with Crippen molar-refractivity contribution in [3.8, 4) is 0 Å². The van der Waals surface area contributed by atoms with Crippen LogP contribution >= 0.6 is 0 Å². The average molecular weight is 288 g/mol. The van der Waals surface area contributed by atoms with E-state index >= 15 is 0 Å². The molecule has 1 aromatic carbocycles. The fourth-order valence-electron chi connectivity index (χ4n) is 3.32. The van der Waals surface area contributed by atoms with E-state index in [1.807, 2.05) is 11.0 Å². The Labute approximate surface area is 128 Å². The minimum Gasteiger partial charge on any atom is -0.340 e. The van der Waals surface area contributed by atoms with E-state index in [4.69, 9.17) is 5.73 Å². The molecule has 3 heteroatoms. The van der Waals surface area contributed by atoms with Gasteiger partial charge in [-0.25, -0.2) is 0 Å². The maximum absolute atomic E-state index is 12.7. The highest BCUT2D eigenvalue weighted by atomic mass is 16.2. The highest BCUT2D eigenvalue weighted by Gasteiger charge is 2.29. The SMILES string of the molecule is CC(C)[C@H](CC(=O)N1CC[C@@H](N)C[C@H]1C)c1ccccc1. The quantitative estimate of drug-likeness (QED) is 0.925. The second-order valence-electron chi connectivity index (χ2n) is 6.69. The lowest BCUT2D eigenvalue weighted by Gasteiger charge is -2.37. The van der Waals surface area contributed by atoms with Crippen LogP contribution in [0, 0.1) is 5.92 Å². The van der Waals surface area contributed by atoms with Gasteiger partial charge < -0.3 is 10.6 Å². The number of carbonyl (C=O) groups is 1. The van der Waals surface area contributed by atoms with Crippen molar-refractivity contribution >= 4 is 5.91 Å². The first-order valence-corrected chi connectivity index (χ1v) is 8.09. The number of likely N-dealkylation sites (tertiary alicyclic amines) is 1. The van der Waals surface area contributed by atoms with Crippen LogP contribution in [0.2, 0.25) is 0 Å². The fraction of sp³-hybridized carbons (Fsp3) is 0.611. The number of nitrogens with two attached hydrogens (primary N) is 1. The number of piperidine rings is 1. The van der Waals surface area contributed by atoms with Gasteiger partial charge in [-0.2, -0.15) is 0 Å². The number of hydrogen-bond donors (Lipinski definition) is 1. The lowest BCUT2D eigenvalue weighted by Crippen LogP contribution is -2.48. The van der Waals surface area contributed by atoms with Gasteiger partial charge in [-0.3, -0.25) is 4.79 Å². The molecule has 1 aliphatic heterocycles. The van der Waals surface area contributed by atoms with Crippen molar-refractivity contribution < 1.29 is 4.79 Å². The van der Waals surface area contributed by atoms with Crippen molar-refractivity contribution in [3.05, 3.63) is 35.9 Å². The Morgan fingerprint density at radius 3 is 2.57 bits per heavy atom. The molecule has 0 aromatic heterocycles. The number of amides is 1. The van der Waals surface area contributed by atoms with E-state index in [9.17, 15) is 4.79 Å². The Bertz CT molecular complexity index is 458. The molecule has 116 valence electrons. The molecular weight excluding hydrogens is 260 g/mol. The van der Waals surface area contributed by atoms with Crippen molar-refractivity contribution in [2.45, 2.75) is 58.0 Å². The molecule has 0 radical (unpaired) electrons. The smallest absolute Gasteiger partial charge is 0.223 e. The zero-order valence-corrected chi connectivity index (χ0v) is 13.5. The average Bonchev–Trinajstić information content (AvgIpc) is 2.45. The maximum atomic E-state index is 12.7. The summed E-state index contributed by atoms with van der Waals surface area (Å²) in [6, 6.07) is 10.9. The van der Waals surface area contributed by atoms with Gasteiger partial charge in [0.25, 0.3) is 0 Å². The summed E-state index contributed by atoms with van der Waals surface area (Å²) in [5.74, 6) is 1.03. The summed E-state index contributed by atoms with van der Waals surface area (Å²) >= 11 is 0. The highest BCUT2D eigenvalue weighted by Crippen LogP contribution is 2.29. The minimum atomic E-state index is 0.249. The molecule has 3 nitrogen and oxygen atoms in total. The maximum Gasteiger partial charge on any atom is 0.223 e. The number of rotatable bonds is 4. The summed E-state index contributed by atoms with van der Waals surface area (Å²) in [5.41, 5.74) is 7.26. The first-order valence-electron chi connectivity index (χ1n) is 8.09. The third kappa shape index (κ3) is 4.07. The van der Waals surface area contributed by atoms with Gasteiger partial charge in [-0.15, -0.1) is 0 Å². The van der Waals surface area contributed by atoms with Crippen LogP contribution in [0.15, 0.2) is 30.3 Å². The van der Waals surface area contributed by atoms with E-state index in [0.717, 1.165) is 19.4 Å². The Morgan fingerprint density at radius 1 is 1.33 bits per heavy atom. The van der Waals surface area contributed by atoms with Crippen LogP contribution in [0.5, 0.6) is 0 Å². The Balaban J connectivity index is 2.05. The summed E-state index contributed by atoms with van der Waals surface area (Å²) < 4.78 is 0. The van der Waals surface area contributed by atoms with Crippen molar-refractivity contribution in [3.63, 3.8) is 0 Å². The molecule has 1 aromatic rings. The van der Waals surface area contributed by atoms with Crippen LogP contribution in [0.25, 0.3) is 0 Å². The number of benzene rings is 1. The van der Waals surface area contributed by atoms with Crippen LogP contribution in [0.3, 0.4) is 0 Å². The molecule has 0 saturated carbocycles. The molecule has 0 aliphatic carbocycles. The predicted molar refractivity (Wildman–Crippen MR) is 87.0 cm³/mol. The van der Waals surface area contributed by atoms with Gasteiger partial charge in [0, 0.05) is 25.0 Å². The largest absolute Gasteiger partial charge is 0.340 e. The van der Waals surface area contributed by atoms with Gasteiger partial charge in [-0.05, 0) is 37.2 Å². The molecule has 2 rings (SSSR count). The second kappa shape index (κ2) is 7.08. The van der Waals surface area contributed by atoms with E-state index in [1.54, 1.807) is 0 Å². The van der Waals surface area contributed by atoms with Crippen LogP contribution in [-0.4, -0.2) is 29.4 Å². The molecule has 2 N–H and O–H groups in total. The van der Waals surface area contributed by atoms with Gasteiger partial charge in [0.05, 0.1) is 0 Å². The van der Waals surface area contributed by atoms with E-state index in [-0.39, 0.29) is 18.0 Å². The van der Waals surface area contributed by atoms with Crippen LogP contribution in [0.1, 0.15) is 51.5 Å². The van der Waals surface area contributed by atoms with Crippen LogP contribution in [-0.2, 0) is 4.79 Å². The van der Waals surface area contributed by atoms with E-state index < -0.39 is 0 Å². The molecule has 0 unspecified atom stereocenters. The summed E-state index contributed by atoms with van der Waals surface area (Å²) in [4.78, 5) is 14.7. The number of nitrogens with zero attached hydrogens (tertiary/aromatic N) is 1. The molecular formula is C18H28N2O. The van der Waals surface area contributed by atoms with Gasteiger partial charge in [0.2, 0.25) is 5.91 Å². The molecule has 0 bridgehead atoms. The number of hydrogen-bond acceptors (Lipinski definition) is 2. The van der Waals surface area contributed by atoms with Gasteiger partial charge >= 0.3 is 0 Å². The summed E-state index contributed by atoms with van der Waals surface area (Å²) in [7, 11) is 0. The lowest BCUT2D eigenvalue weighted by molar-refractivity contribution is -0.135. The molecule has 3 atom stereocenters. The molecule has 1 fully saturated rings. The standard InChI is InChI=1S/C18H28N2O/c1-13(2)17(15-7-5-4-6-8-15)12-18(21)20-10-9-16(19)11-14(20)3/h4-8,13-14,16-17H,9-12,19H2,1-3H3/t14-,16-,17+/m1/s1. The Kier molecular flexibility index (Phi) is 5.40. The van der Waals surface area contributed by atoms with E-state index in [0.29, 0.717) is 18.3 Å². The zero-order valence-electron chi connectivity index (χ0n) is 13.5. The molecule has 1 aliphatic rings. The summed E-state index contributed by atoms with van der Waals surface area (Å²) in [6.45, 7) is 7.31. The summed E-state index contributed by atoms with van der Waals surface area (Å²) in [6.07, 6.45) is 2.44. The monoisotopic (exact) mass is 288 g/mol. The second-order valence-corrected chi connectivity index (χ2v) is 6.69.